The van der Waals surface area contributed by atoms with E-state index in [1.54, 1.807) is 18.2 Å². The number of hydrogen-bond acceptors (Lipinski definition) is 3. The molecule has 94 valence electrons. The molecular formula is C13H20N2O2. The lowest BCUT2D eigenvalue weighted by molar-refractivity contribution is 0.0698. The summed E-state index contributed by atoms with van der Waals surface area (Å²) in [5.74, 6) is -0.478. The average Bonchev–Trinajstić information content (AvgIpc) is 2.26. The molecule has 1 rings (SSSR count). The van der Waals surface area contributed by atoms with E-state index in [-0.39, 0.29) is 5.56 Å². The SMILES string of the molecule is CC(C)C(C)N(C)c1ccc(C(=O)O)c(N)c1. The second-order valence-corrected chi connectivity index (χ2v) is 4.67. The zero-order valence-electron chi connectivity index (χ0n) is 10.8. The molecule has 0 spiro atoms. The lowest BCUT2D eigenvalue weighted by atomic mass is 10.0. The van der Waals surface area contributed by atoms with Gasteiger partial charge in [-0.3, -0.25) is 0 Å². The Morgan fingerprint density at radius 2 is 1.94 bits per heavy atom. The van der Waals surface area contributed by atoms with Gasteiger partial charge in [0, 0.05) is 24.5 Å². The molecule has 0 saturated carbocycles. The third-order valence-corrected chi connectivity index (χ3v) is 3.25. The van der Waals surface area contributed by atoms with E-state index >= 15 is 0 Å². The number of anilines is 2. The molecule has 4 heteroatoms. The van der Waals surface area contributed by atoms with Crippen LogP contribution in [-0.4, -0.2) is 24.2 Å². The van der Waals surface area contributed by atoms with Gasteiger partial charge in [0.2, 0.25) is 0 Å². The highest BCUT2D eigenvalue weighted by Crippen LogP contribution is 2.24. The van der Waals surface area contributed by atoms with Gasteiger partial charge < -0.3 is 15.7 Å². The van der Waals surface area contributed by atoms with Crippen molar-refractivity contribution in [3.8, 4) is 0 Å². The van der Waals surface area contributed by atoms with Crippen molar-refractivity contribution in [3.05, 3.63) is 23.8 Å². The van der Waals surface area contributed by atoms with Crippen molar-refractivity contribution in [2.45, 2.75) is 26.8 Å². The number of rotatable bonds is 4. The first kappa shape index (κ1) is 13.4. The fourth-order valence-electron chi connectivity index (χ4n) is 1.65. The molecule has 0 fully saturated rings. The van der Waals surface area contributed by atoms with Crippen LogP contribution in [0, 0.1) is 5.92 Å². The molecular weight excluding hydrogens is 216 g/mol. The van der Waals surface area contributed by atoms with Crippen LogP contribution in [0.3, 0.4) is 0 Å². The first-order valence-electron chi connectivity index (χ1n) is 5.70. The monoisotopic (exact) mass is 236 g/mol. The highest BCUT2D eigenvalue weighted by molar-refractivity contribution is 5.94. The van der Waals surface area contributed by atoms with Crippen LogP contribution in [0.5, 0.6) is 0 Å². The van der Waals surface area contributed by atoms with Gasteiger partial charge >= 0.3 is 5.97 Å². The van der Waals surface area contributed by atoms with Crippen molar-refractivity contribution in [2.24, 2.45) is 5.92 Å². The molecule has 0 aliphatic rings. The fraction of sp³-hybridized carbons (Fsp3) is 0.462. The van der Waals surface area contributed by atoms with Gasteiger partial charge in [0.1, 0.15) is 0 Å². The highest BCUT2D eigenvalue weighted by Gasteiger charge is 2.15. The smallest absolute Gasteiger partial charge is 0.337 e. The van der Waals surface area contributed by atoms with Crippen molar-refractivity contribution in [3.63, 3.8) is 0 Å². The average molecular weight is 236 g/mol. The van der Waals surface area contributed by atoms with E-state index in [1.165, 1.54) is 0 Å². The van der Waals surface area contributed by atoms with Crippen LogP contribution in [-0.2, 0) is 0 Å². The third-order valence-electron chi connectivity index (χ3n) is 3.25. The van der Waals surface area contributed by atoms with Crippen LogP contribution in [0.2, 0.25) is 0 Å². The van der Waals surface area contributed by atoms with Crippen LogP contribution in [0.15, 0.2) is 18.2 Å². The Kier molecular flexibility index (Phi) is 3.99. The fourth-order valence-corrected chi connectivity index (χ4v) is 1.65. The van der Waals surface area contributed by atoms with Crippen LogP contribution in [0.4, 0.5) is 11.4 Å². The van der Waals surface area contributed by atoms with Gasteiger partial charge in [-0.2, -0.15) is 0 Å². The predicted molar refractivity (Wildman–Crippen MR) is 70.5 cm³/mol. The lowest BCUT2D eigenvalue weighted by Gasteiger charge is -2.30. The highest BCUT2D eigenvalue weighted by atomic mass is 16.4. The summed E-state index contributed by atoms with van der Waals surface area (Å²) in [4.78, 5) is 13.0. The van der Waals surface area contributed by atoms with E-state index in [4.69, 9.17) is 10.8 Å². The maximum absolute atomic E-state index is 10.9. The van der Waals surface area contributed by atoms with Gasteiger partial charge in [-0.1, -0.05) is 13.8 Å². The van der Waals surface area contributed by atoms with Gasteiger partial charge in [-0.25, -0.2) is 4.79 Å². The van der Waals surface area contributed by atoms with Crippen molar-refractivity contribution < 1.29 is 9.90 Å². The number of carboxylic acids is 1. The van der Waals surface area contributed by atoms with Gasteiger partial charge in [0.15, 0.2) is 0 Å². The minimum Gasteiger partial charge on any atom is -0.478 e. The van der Waals surface area contributed by atoms with Gasteiger partial charge in [0.25, 0.3) is 0 Å². The Hall–Kier alpha value is -1.71. The summed E-state index contributed by atoms with van der Waals surface area (Å²) in [5, 5.41) is 8.90. The molecule has 1 aromatic rings. The topological polar surface area (TPSA) is 66.6 Å². The predicted octanol–water partition coefficient (Wildman–Crippen LogP) is 2.45. The van der Waals surface area contributed by atoms with Crippen LogP contribution >= 0.6 is 0 Å². The molecule has 3 N–H and O–H groups in total. The second kappa shape index (κ2) is 5.08. The molecule has 0 saturated heterocycles. The third kappa shape index (κ3) is 2.90. The minimum absolute atomic E-state index is 0.152. The molecule has 1 atom stereocenters. The van der Waals surface area contributed by atoms with Crippen molar-refractivity contribution in [1.29, 1.82) is 0 Å². The molecule has 17 heavy (non-hydrogen) atoms. The normalized spacial score (nSPS) is 12.5. The van der Waals surface area contributed by atoms with Crippen LogP contribution < -0.4 is 10.6 Å². The molecule has 1 aromatic carbocycles. The molecule has 0 aromatic heterocycles. The number of nitrogen functional groups attached to an aromatic ring is 1. The number of nitrogens with zero attached hydrogens (tertiary/aromatic N) is 1. The zero-order chi connectivity index (χ0) is 13.2. The molecule has 0 heterocycles. The number of carbonyl (C=O) groups is 1. The lowest BCUT2D eigenvalue weighted by Crippen LogP contribution is -2.33. The number of aromatic carboxylic acids is 1. The standard InChI is InChI=1S/C13H20N2O2/c1-8(2)9(3)15(4)10-5-6-11(13(16)17)12(14)7-10/h5-9H,14H2,1-4H3,(H,16,17). The molecule has 0 radical (unpaired) electrons. The Balaban J connectivity index is 3.01. The largest absolute Gasteiger partial charge is 0.478 e. The number of hydrogen-bond donors (Lipinski definition) is 2. The Morgan fingerprint density at radius 1 is 1.35 bits per heavy atom. The summed E-state index contributed by atoms with van der Waals surface area (Å²) >= 11 is 0. The second-order valence-electron chi connectivity index (χ2n) is 4.67. The maximum atomic E-state index is 10.9. The van der Waals surface area contributed by atoms with Gasteiger partial charge in [-0.05, 0) is 31.0 Å². The summed E-state index contributed by atoms with van der Waals surface area (Å²) in [6.07, 6.45) is 0. The van der Waals surface area contributed by atoms with Crippen LogP contribution in [0.25, 0.3) is 0 Å². The minimum atomic E-state index is -0.992. The molecule has 0 amide bonds. The molecule has 0 aliphatic heterocycles. The summed E-state index contributed by atoms with van der Waals surface area (Å²) in [5.41, 5.74) is 7.12. The van der Waals surface area contributed by atoms with Crippen molar-refractivity contribution >= 4 is 17.3 Å². The zero-order valence-corrected chi connectivity index (χ0v) is 10.8. The van der Waals surface area contributed by atoms with E-state index < -0.39 is 5.97 Å². The van der Waals surface area contributed by atoms with Crippen molar-refractivity contribution in [1.82, 2.24) is 0 Å². The number of nitrogens with two attached hydrogens (primary N) is 1. The van der Waals surface area contributed by atoms with Gasteiger partial charge in [0.05, 0.1) is 5.56 Å². The molecule has 4 nitrogen and oxygen atoms in total. The van der Waals surface area contributed by atoms with Crippen LogP contribution in [0.1, 0.15) is 31.1 Å². The Labute approximate surface area is 102 Å². The first-order valence-corrected chi connectivity index (χ1v) is 5.70. The summed E-state index contributed by atoms with van der Waals surface area (Å²) in [6, 6.07) is 5.42. The molecule has 0 aliphatic carbocycles. The Bertz CT molecular complexity index is 416. The Morgan fingerprint density at radius 3 is 2.35 bits per heavy atom. The van der Waals surface area contributed by atoms with E-state index in [9.17, 15) is 4.79 Å². The number of benzene rings is 1. The van der Waals surface area contributed by atoms with Gasteiger partial charge in [-0.15, -0.1) is 0 Å². The summed E-state index contributed by atoms with van der Waals surface area (Å²) in [6.45, 7) is 6.43. The van der Waals surface area contributed by atoms with E-state index in [0.29, 0.717) is 17.6 Å². The van der Waals surface area contributed by atoms with E-state index in [2.05, 4.69) is 25.7 Å². The number of carboxylic acid groups (broad SMARTS) is 1. The van der Waals surface area contributed by atoms with E-state index in [0.717, 1.165) is 5.69 Å². The maximum Gasteiger partial charge on any atom is 0.337 e. The molecule has 0 bridgehead atoms. The summed E-state index contributed by atoms with van der Waals surface area (Å²) < 4.78 is 0. The summed E-state index contributed by atoms with van der Waals surface area (Å²) in [7, 11) is 1.99. The van der Waals surface area contributed by atoms with E-state index in [1.807, 2.05) is 7.05 Å². The van der Waals surface area contributed by atoms with Crippen molar-refractivity contribution in [2.75, 3.05) is 17.7 Å². The quantitative estimate of drug-likeness (QED) is 0.788. The molecule has 1 unspecified atom stereocenters. The first-order chi connectivity index (χ1) is 7.84.